The van der Waals surface area contributed by atoms with Crippen molar-refractivity contribution in [3.8, 4) is 10.7 Å². The van der Waals surface area contributed by atoms with Crippen molar-refractivity contribution in [3.05, 3.63) is 5.69 Å². The first-order valence-corrected chi connectivity index (χ1v) is 7.67. The average molecular weight is 308 g/mol. The first-order valence-electron chi connectivity index (χ1n) is 6.90. The lowest BCUT2D eigenvalue weighted by molar-refractivity contribution is -0.138. The van der Waals surface area contributed by atoms with E-state index in [-0.39, 0.29) is 18.4 Å². The molecule has 0 radical (unpaired) electrons. The molecule has 1 atom stereocenters. The lowest BCUT2D eigenvalue weighted by atomic mass is 10.1. The lowest BCUT2D eigenvalue weighted by Gasteiger charge is -2.15. The normalized spacial score (nSPS) is 16.3. The Hall–Kier alpha value is -1.90. The molecule has 1 fully saturated rings. The highest BCUT2D eigenvalue weighted by atomic mass is 32.1. The number of hydrogen-bond acceptors (Lipinski definition) is 7. The molecule has 0 aromatic carbocycles. The SMILES string of the molecule is CC(C)c1nnsc1-c1nnnn1C(CC(=O)O)C1CC1. The van der Waals surface area contributed by atoms with Gasteiger partial charge in [-0.2, -0.15) is 0 Å². The van der Waals surface area contributed by atoms with E-state index in [1.165, 1.54) is 11.5 Å². The number of rotatable bonds is 6. The molecule has 1 unspecified atom stereocenters. The second kappa shape index (κ2) is 5.47. The zero-order valence-electron chi connectivity index (χ0n) is 11.8. The Morgan fingerprint density at radius 2 is 2.19 bits per heavy atom. The largest absolute Gasteiger partial charge is 0.481 e. The van der Waals surface area contributed by atoms with Crippen molar-refractivity contribution >= 4 is 17.5 Å². The minimum absolute atomic E-state index is 0.0337. The molecule has 9 heteroatoms. The Kier molecular flexibility index (Phi) is 3.66. The van der Waals surface area contributed by atoms with Crippen LogP contribution in [0.3, 0.4) is 0 Å². The summed E-state index contributed by atoms with van der Waals surface area (Å²) in [5.41, 5.74) is 0.848. The van der Waals surface area contributed by atoms with Crippen LogP contribution in [0.5, 0.6) is 0 Å². The number of carboxylic acid groups (broad SMARTS) is 1. The molecule has 112 valence electrons. The molecule has 3 rings (SSSR count). The monoisotopic (exact) mass is 308 g/mol. The summed E-state index contributed by atoms with van der Waals surface area (Å²) in [5, 5.41) is 25.1. The second-order valence-electron chi connectivity index (χ2n) is 5.59. The van der Waals surface area contributed by atoms with Gasteiger partial charge in [0.15, 0.2) is 5.82 Å². The lowest BCUT2D eigenvalue weighted by Crippen LogP contribution is -2.18. The van der Waals surface area contributed by atoms with Gasteiger partial charge in [-0.15, -0.1) is 10.2 Å². The minimum atomic E-state index is -0.833. The van der Waals surface area contributed by atoms with E-state index >= 15 is 0 Å². The molecule has 0 amide bonds. The highest BCUT2D eigenvalue weighted by Crippen LogP contribution is 2.43. The quantitative estimate of drug-likeness (QED) is 0.866. The number of aliphatic carboxylic acids is 1. The molecule has 1 aliphatic rings. The Balaban J connectivity index is 1.99. The van der Waals surface area contributed by atoms with Gasteiger partial charge in [0.2, 0.25) is 0 Å². The predicted molar refractivity (Wildman–Crippen MR) is 74.8 cm³/mol. The first-order chi connectivity index (χ1) is 10.1. The van der Waals surface area contributed by atoms with Crippen LogP contribution < -0.4 is 0 Å². The van der Waals surface area contributed by atoms with Crippen LogP contribution >= 0.6 is 11.5 Å². The summed E-state index contributed by atoms with van der Waals surface area (Å²) in [4.78, 5) is 11.9. The van der Waals surface area contributed by atoms with Crippen molar-refractivity contribution in [1.29, 1.82) is 0 Å². The van der Waals surface area contributed by atoms with Crippen molar-refractivity contribution in [2.24, 2.45) is 5.92 Å². The number of hydrogen-bond donors (Lipinski definition) is 1. The average Bonchev–Trinajstić information content (AvgIpc) is 2.96. The third kappa shape index (κ3) is 2.78. The van der Waals surface area contributed by atoms with Gasteiger partial charge in [-0.1, -0.05) is 18.3 Å². The van der Waals surface area contributed by atoms with E-state index in [2.05, 4.69) is 25.1 Å². The molecule has 0 bridgehead atoms. The highest BCUT2D eigenvalue weighted by Gasteiger charge is 2.37. The standard InChI is InChI=1S/C12H16N6O2S/c1-6(2)10-11(21-17-13-10)12-14-15-16-18(12)8(5-9(19)20)7-3-4-7/h6-8H,3-5H2,1-2H3,(H,19,20). The van der Waals surface area contributed by atoms with Gasteiger partial charge in [-0.05, 0) is 46.6 Å². The fourth-order valence-electron chi connectivity index (χ4n) is 2.41. The zero-order chi connectivity index (χ0) is 15.0. The van der Waals surface area contributed by atoms with Crippen LogP contribution in [0.1, 0.15) is 50.8 Å². The van der Waals surface area contributed by atoms with Crippen LogP contribution in [0, 0.1) is 5.92 Å². The van der Waals surface area contributed by atoms with Crippen LogP contribution in [-0.4, -0.2) is 40.9 Å². The van der Waals surface area contributed by atoms with Crippen LogP contribution in [0.2, 0.25) is 0 Å². The topological polar surface area (TPSA) is 107 Å². The Bertz CT molecular complexity index is 648. The Labute approximate surface area is 125 Å². The number of tetrazole rings is 1. The molecule has 0 spiro atoms. The molecule has 1 saturated carbocycles. The van der Waals surface area contributed by atoms with Crippen molar-refractivity contribution in [2.45, 2.75) is 45.1 Å². The van der Waals surface area contributed by atoms with E-state index in [4.69, 9.17) is 5.11 Å². The molecule has 1 aliphatic carbocycles. The van der Waals surface area contributed by atoms with Crippen LogP contribution in [0.15, 0.2) is 0 Å². The van der Waals surface area contributed by atoms with E-state index in [0.717, 1.165) is 23.4 Å². The van der Waals surface area contributed by atoms with Crippen LogP contribution in [0.4, 0.5) is 0 Å². The molecular formula is C12H16N6O2S. The van der Waals surface area contributed by atoms with Gasteiger partial charge in [0.1, 0.15) is 4.88 Å². The molecular weight excluding hydrogens is 292 g/mol. The fourth-order valence-corrected chi connectivity index (χ4v) is 3.21. The molecule has 0 aliphatic heterocycles. The summed E-state index contributed by atoms with van der Waals surface area (Å²) in [6, 6.07) is -0.199. The van der Waals surface area contributed by atoms with Crippen LogP contribution in [-0.2, 0) is 4.79 Å². The molecule has 0 saturated heterocycles. The number of nitrogens with zero attached hydrogens (tertiary/aromatic N) is 6. The van der Waals surface area contributed by atoms with E-state index in [0.29, 0.717) is 11.7 Å². The van der Waals surface area contributed by atoms with Crippen molar-refractivity contribution in [3.63, 3.8) is 0 Å². The summed E-state index contributed by atoms with van der Waals surface area (Å²) in [5.74, 6) is 0.293. The zero-order valence-corrected chi connectivity index (χ0v) is 12.6. The highest BCUT2D eigenvalue weighted by molar-refractivity contribution is 7.09. The van der Waals surface area contributed by atoms with Gasteiger partial charge in [-0.3, -0.25) is 4.79 Å². The van der Waals surface area contributed by atoms with Crippen molar-refractivity contribution in [1.82, 2.24) is 29.8 Å². The van der Waals surface area contributed by atoms with Gasteiger partial charge in [0.05, 0.1) is 18.2 Å². The maximum atomic E-state index is 11.1. The van der Waals surface area contributed by atoms with Crippen molar-refractivity contribution in [2.75, 3.05) is 0 Å². The second-order valence-corrected chi connectivity index (χ2v) is 6.35. The van der Waals surface area contributed by atoms with Gasteiger partial charge < -0.3 is 5.11 Å². The summed E-state index contributed by atoms with van der Waals surface area (Å²) < 4.78 is 5.63. The van der Waals surface area contributed by atoms with E-state index in [1.54, 1.807) is 4.68 Å². The molecule has 2 aromatic rings. The summed E-state index contributed by atoms with van der Waals surface area (Å²) in [6.07, 6.45) is 2.08. The maximum absolute atomic E-state index is 11.1. The van der Waals surface area contributed by atoms with E-state index in [1.807, 2.05) is 13.8 Å². The third-order valence-electron chi connectivity index (χ3n) is 3.62. The van der Waals surface area contributed by atoms with E-state index < -0.39 is 5.97 Å². The number of carbonyl (C=O) groups is 1. The fraction of sp³-hybridized carbons (Fsp3) is 0.667. The van der Waals surface area contributed by atoms with Gasteiger partial charge in [0, 0.05) is 0 Å². The molecule has 8 nitrogen and oxygen atoms in total. The molecule has 2 heterocycles. The van der Waals surface area contributed by atoms with Crippen LogP contribution in [0.25, 0.3) is 10.7 Å². The summed E-state index contributed by atoms with van der Waals surface area (Å²) >= 11 is 1.25. The molecule has 2 aromatic heterocycles. The third-order valence-corrected chi connectivity index (χ3v) is 4.36. The van der Waals surface area contributed by atoms with Gasteiger partial charge in [-0.25, -0.2) is 4.68 Å². The Morgan fingerprint density at radius 1 is 1.43 bits per heavy atom. The summed E-state index contributed by atoms with van der Waals surface area (Å²) in [7, 11) is 0. The first kappa shape index (κ1) is 14.1. The number of aromatic nitrogens is 6. The van der Waals surface area contributed by atoms with Gasteiger partial charge in [0.25, 0.3) is 0 Å². The van der Waals surface area contributed by atoms with E-state index in [9.17, 15) is 4.79 Å². The minimum Gasteiger partial charge on any atom is -0.481 e. The smallest absolute Gasteiger partial charge is 0.305 e. The number of carboxylic acids is 1. The summed E-state index contributed by atoms with van der Waals surface area (Å²) in [6.45, 7) is 4.06. The Morgan fingerprint density at radius 3 is 2.81 bits per heavy atom. The van der Waals surface area contributed by atoms with Gasteiger partial charge >= 0.3 is 5.97 Å². The molecule has 21 heavy (non-hydrogen) atoms. The predicted octanol–water partition coefficient (Wildman–Crippen LogP) is 1.74. The maximum Gasteiger partial charge on any atom is 0.305 e. The van der Waals surface area contributed by atoms with Crippen molar-refractivity contribution < 1.29 is 9.90 Å². The molecule has 1 N–H and O–H groups in total.